The summed E-state index contributed by atoms with van der Waals surface area (Å²) in [7, 11) is 0.458. The van der Waals surface area contributed by atoms with Gasteiger partial charge in [0.25, 0.3) is 0 Å². The van der Waals surface area contributed by atoms with Gasteiger partial charge in [0.05, 0.1) is 4.90 Å². The van der Waals surface area contributed by atoms with Crippen LogP contribution in [0, 0.1) is 0 Å². The Kier molecular flexibility index (Phi) is 4.57. The maximum Gasteiger partial charge on any atom is 0.243 e. The maximum atomic E-state index is 13.1. The van der Waals surface area contributed by atoms with Gasteiger partial charge in [0.2, 0.25) is 10.0 Å². The molecule has 0 amide bonds. The average Bonchev–Trinajstić information content (AvgIpc) is 2.83. The Hall–Kier alpha value is -1.63. The highest BCUT2D eigenvalue weighted by molar-refractivity contribution is 7.89. The van der Waals surface area contributed by atoms with Crippen LogP contribution >= 0.6 is 0 Å². The van der Waals surface area contributed by atoms with Crippen LogP contribution in [0.15, 0.2) is 41.3 Å². The molecule has 0 aliphatic carbocycles. The highest BCUT2D eigenvalue weighted by Crippen LogP contribution is 2.31. The van der Waals surface area contributed by atoms with Crippen LogP contribution in [0.1, 0.15) is 6.42 Å². The third kappa shape index (κ3) is 3.06. The summed E-state index contributed by atoms with van der Waals surface area (Å²) >= 11 is 0. The maximum absolute atomic E-state index is 13.1. The Morgan fingerprint density at radius 1 is 1.00 bits per heavy atom. The van der Waals surface area contributed by atoms with Crippen molar-refractivity contribution in [2.45, 2.75) is 11.3 Å². The van der Waals surface area contributed by atoms with Crippen molar-refractivity contribution in [3.8, 4) is 0 Å². The van der Waals surface area contributed by atoms with Crippen LogP contribution in [0.25, 0.3) is 10.8 Å². The van der Waals surface area contributed by atoms with Gasteiger partial charge in [-0.25, -0.2) is 8.42 Å². The molecule has 1 heterocycles. The van der Waals surface area contributed by atoms with Crippen molar-refractivity contribution in [1.29, 1.82) is 0 Å². The molecule has 124 valence electrons. The van der Waals surface area contributed by atoms with E-state index < -0.39 is 10.0 Å². The van der Waals surface area contributed by atoms with Crippen molar-refractivity contribution in [1.82, 2.24) is 9.62 Å². The molecule has 0 unspecified atom stereocenters. The molecule has 1 aliphatic heterocycles. The summed E-state index contributed by atoms with van der Waals surface area (Å²) in [6.45, 7) is 2.66. The third-order valence-corrected chi connectivity index (χ3v) is 6.21. The molecule has 1 N–H and O–H groups in total. The van der Waals surface area contributed by atoms with Crippen molar-refractivity contribution >= 4 is 26.5 Å². The second-order valence-electron chi connectivity index (χ2n) is 6.03. The summed E-state index contributed by atoms with van der Waals surface area (Å²) in [6, 6.07) is 11.3. The first-order valence-corrected chi connectivity index (χ1v) is 9.36. The molecule has 0 aromatic heterocycles. The van der Waals surface area contributed by atoms with E-state index in [1.54, 1.807) is 10.4 Å². The summed E-state index contributed by atoms with van der Waals surface area (Å²) < 4.78 is 27.8. The van der Waals surface area contributed by atoms with Gasteiger partial charge in [0, 0.05) is 50.2 Å². The van der Waals surface area contributed by atoms with E-state index in [-0.39, 0.29) is 0 Å². The van der Waals surface area contributed by atoms with Crippen LogP contribution in [-0.4, -0.2) is 53.0 Å². The van der Waals surface area contributed by atoms with Crippen molar-refractivity contribution in [3.05, 3.63) is 36.4 Å². The van der Waals surface area contributed by atoms with E-state index >= 15 is 0 Å². The first kappa shape index (κ1) is 16.2. The lowest BCUT2D eigenvalue weighted by molar-refractivity contribution is 0.432. The Morgan fingerprint density at radius 2 is 1.74 bits per heavy atom. The lowest BCUT2D eigenvalue weighted by Crippen LogP contribution is -2.34. The Balaban J connectivity index is 2.14. The van der Waals surface area contributed by atoms with Gasteiger partial charge in [-0.05, 0) is 25.1 Å². The molecule has 0 bridgehead atoms. The smallest absolute Gasteiger partial charge is 0.243 e. The minimum Gasteiger partial charge on any atom is -0.377 e. The molecule has 3 rings (SSSR count). The highest BCUT2D eigenvalue weighted by Gasteiger charge is 2.27. The fourth-order valence-corrected chi connectivity index (χ4v) is 4.77. The molecular weight excluding hydrogens is 310 g/mol. The first-order chi connectivity index (χ1) is 11.0. The molecule has 0 saturated carbocycles. The number of rotatable bonds is 3. The van der Waals surface area contributed by atoms with E-state index in [0.717, 1.165) is 29.4 Å². The number of sulfonamides is 1. The molecule has 0 radical (unpaired) electrons. The summed E-state index contributed by atoms with van der Waals surface area (Å²) in [4.78, 5) is 2.41. The number of nitrogens with zero attached hydrogens (tertiary/aromatic N) is 2. The van der Waals surface area contributed by atoms with Crippen LogP contribution in [0.4, 0.5) is 5.69 Å². The zero-order chi connectivity index (χ0) is 16.4. The van der Waals surface area contributed by atoms with E-state index in [1.807, 2.05) is 49.3 Å². The Bertz CT molecular complexity index is 795. The summed E-state index contributed by atoms with van der Waals surface area (Å²) in [5.41, 5.74) is 1.03. The summed E-state index contributed by atoms with van der Waals surface area (Å²) in [5, 5.41) is 5.00. The van der Waals surface area contributed by atoms with Gasteiger partial charge in [-0.1, -0.05) is 24.3 Å². The molecule has 5 nitrogen and oxygen atoms in total. The Morgan fingerprint density at radius 3 is 2.52 bits per heavy atom. The molecule has 1 fully saturated rings. The van der Waals surface area contributed by atoms with Crippen molar-refractivity contribution < 1.29 is 8.42 Å². The lowest BCUT2D eigenvalue weighted by atomic mass is 10.1. The van der Waals surface area contributed by atoms with Gasteiger partial charge in [-0.15, -0.1) is 0 Å². The Labute approximate surface area is 137 Å². The van der Waals surface area contributed by atoms with E-state index in [0.29, 0.717) is 24.5 Å². The minimum atomic E-state index is -3.48. The van der Waals surface area contributed by atoms with E-state index in [9.17, 15) is 8.42 Å². The zero-order valence-corrected chi connectivity index (χ0v) is 14.4. The quantitative estimate of drug-likeness (QED) is 0.932. The van der Waals surface area contributed by atoms with Crippen molar-refractivity contribution in [2.75, 3.05) is 45.2 Å². The fraction of sp³-hybridized carbons (Fsp3) is 0.412. The molecule has 1 aliphatic rings. The molecule has 2 aromatic carbocycles. The predicted octanol–water partition coefficient (Wildman–Crippen LogP) is 1.89. The van der Waals surface area contributed by atoms with Crippen LogP contribution in [0.5, 0.6) is 0 Å². The largest absolute Gasteiger partial charge is 0.377 e. The number of nitrogens with one attached hydrogen (secondary N) is 1. The highest BCUT2D eigenvalue weighted by atomic mass is 32.2. The zero-order valence-electron chi connectivity index (χ0n) is 13.6. The first-order valence-electron chi connectivity index (χ1n) is 7.92. The topological polar surface area (TPSA) is 52.7 Å². The molecule has 1 saturated heterocycles. The van der Waals surface area contributed by atoms with E-state index in [1.165, 1.54) is 0 Å². The van der Waals surface area contributed by atoms with Gasteiger partial charge >= 0.3 is 0 Å². The molecule has 23 heavy (non-hydrogen) atoms. The van der Waals surface area contributed by atoms with Gasteiger partial charge < -0.3 is 10.2 Å². The number of anilines is 1. The van der Waals surface area contributed by atoms with Crippen LogP contribution < -0.4 is 10.2 Å². The second kappa shape index (κ2) is 6.47. The fourth-order valence-electron chi connectivity index (χ4n) is 3.08. The number of benzene rings is 2. The van der Waals surface area contributed by atoms with Crippen LogP contribution in [-0.2, 0) is 10.0 Å². The summed E-state index contributed by atoms with van der Waals surface area (Å²) in [6.07, 6.45) is 0.840. The molecule has 0 atom stereocenters. The van der Waals surface area contributed by atoms with Crippen molar-refractivity contribution in [2.24, 2.45) is 0 Å². The molecule has 2 aromatic rings. The average molecular weight is 333 g/mol. The predicted molar refractivity (Wildman–Crippen MR) is 94.5 cm³/mol. The van der Waals surface area contributed by atoms with E-state index in [4.69, 9.17) is 0 Å². The summed E-state index contributed by atoms with van der Waals surface area (Å²) in [5.74, 6) is 0. The standard InChI is InChI=1S/C17H23N3O2S/c1-19(2)16-8-3-7-15-14(16)6-4-9-17(15)23(21,22)20-12-5-10-18-11-13-20/h3-4,6-9,18H,5,10-13H2,1-2H3. The number of fused-ring (bicyclic) bond motifs is 1. The monoisotopic (exact) mass is 333 g/mol. The molecule has 0 spiro atoms. The van der Waals surface area contributed by atoms with Gasteiger partial charge in [0.15, 0.2) is 0 Å². The number of hydrogen-bond acceptors (Lipinski definition) is 4. The van der Waals surface area contributed by atoms with Gasteiger partial charge in [0.1, 0.15) is 0 Å². The second-order valence-corrected chi connectivity index (χ2v) is 7.94. The number of hydrogen-bond donors (Lipinski definition) is 1. The van der Waals surface area contributed by atoms with Gasteiger partial charge in [-0.3, -0.25) is 0 Å². The molecule has 6 heteroatoms. The van der Waals surface area contributed by atoms with E-state index in [2.05, 4.69) is 5.32 Å². The van der Waals surface area contributed by atoms with Crippen molar-refractivity contribution in [3.63, 3.8) is 0 Å². The third-order valence-electron chi connectivity index (χ3n) is 4.26. The lowest BCUT2D eigenvalue weighted by Gasteiger charge is -2.22. The minimum absolute atomic E-state index is 0.403. The van der Waals surface area contributed by atoms with Gasteiger partial charge in [-0.2, -0.15) is 4.31 Å². The van der Waals surface area contributed by atoms with Crippen LogP contribution in [0.3, 0.4) is 0 Å². The molecular formula is C17H23N3O2S. The SMILES string of the molecule is CN(C)c1cccc2c(S(=O)(=O)N3CCCNCC3)cccc12. The van der Waals surface area contributed by atoms with Crippen LogP contribution in [0.2, 0.25) is 0 Å². The normalized spacial score (nSPS) is 17.1.